The fraction of sp³-hybridized carbons (Fsp3) is 0.263. The summed E-state index contributed by atoms with van der Waals surface area (Å²) in [6.07, 6.45) is 2.79. The molecule has 0 unspecified atom stereocenters. The van der Waals surface area contributed by atoms with Gasteiger partial charge in [0.15, 0.2) is 0 Å². The lowest BCUT2D eigenvalue weighted by atomic mass is 10.1. The molecular formula is C19H19ClN4. The highest BCUT2D eigenvalue weighted by molar-refractivity contribution is 6.33. The van der Waals surface area contributed by atoms with Crippen LogP contribution < -0.4 is 0 Å². The Balaban J connectivity index is 1.47. The number of H-pyrrole nitrogens is 1. The summed E-state index contributed by atoms with van der Waals surface area (Å²) in [5.41, 5.74) is 5.67. The molecule has 3 aromatic rings. The molecule has 0 saturated carbocycles. The summed E-state index contributed by atoms with van der Waals surface area (Å²) in [6, 6.07) is 12.2. The smallest absolute Gasteiger partial charge is 0.103 e. The number of aromatic amines is 1. The molecule has 1 aromatic carbocycles. The van der Waals surface area contributed by atoms with E-state index in [9.17, 15) is 0 Å². The van der Waals surface area contributed by atoms with Crippen LogP contribution in [0.5, 0.6) is 0 Å². The average Bonchev–Trinajstić information content (AvgIpc) is 2.95. The Kier molecular flexibility index (Phi) is 4.08. The largest absolute Gasteiger partial charge is 0.345 e. The lowest BCUT2D eigenvalue weighted by Crippen LogP contribution is -2.30. The van der Waals surface area contributed by atoms with Gasteiger partial charge in [-0.2, -0.15) is 0 Å². The van der Waals surface area contributed by atoms with Crippen LogP contribution in [0.2, 0.25) is 5.02 Å². The molecule has 3 heterocycles. The minimum atomic E-state index is 0.684. The van der Waals surface area contributed by atoms with E-state index in [1.807, 2.05) is 19.1 Å². The number of aromatic nitrogens is 3. The highest BCUT2D eigenvalue weighted by Crippen LogP contribution is 2.26. The number of imidazole rings is 1. The van der Waals surface area contributed by atoms with Crippen molar-refractivity contribution in [1.29, 1.82) is 0 Å². The number of halogens is 1. The molecule has 0 amide bonds. The Morgan fingerprint density at radius 1 is 1.21 bits per heavy atom. The number of rotatable bonds is 3. The SMILES string of the molecule is Cc1nc2c([nH]1)CN(Cc1ccc(-c3ncccc3Cl)cc1)CC2. The zero-order chi connectivity index (χ0) is 16.5. The molecule has 1 aliphatic rings. The molecule has 0 radical (unpaired) electrons. The third kappa shape index (κ3) is 3.07. The number of pyridine rings is 1. The van der Waals surface area contributed by atoms with Crippen LogP contribution in [0.1, 0.15) is 22.8 Å². The Labute approximate surface area is 146 Å². The molecule has 0 saturated heterocycles. The van der Waals surface area contributed by atoms with Crippen molar-refractivity contribution in [1.82, 2.24) is 19.9 Å². The molecule has 1 N–H and O–H groups in total. The number of hydrogen-bond acceptors (Lipinski definition) is 3. The molecule has 0 bridgehead atoms. The van der Waals surface area contributed by atoms with Gasteiger partial charge in [-0.3, -0.25) is 9.88 Å². The quantitative estimate of drug-likeness (QED) is 0.785. The van der Waals surface area contributed by atoms with Crippen molar-refractivity contribution >= 4 is 11.6 Å². The highest BCUT2D eigenvalue weighted by Gasteiger charge is 2.19. The van der Waals surface area contributed by atoms with Crippen molar-refractivity contribution in [2.75, 3.05) is 6.54 Å². The van der Waals surface area contributed by atoms with Crippen molar-refractivity contribution in [2.45, 2.75) is 26.4 Å². The van der Waals surface area contributed by atoms with Gasteiger partial charge < -0.3 is 4.98 Å². The van der Waals surface area contributed by atoms with Crippen molar-refractivity contribution in [3.05, 3.63) is 70.4 Å². The third-order valence-electron chi connectivity index (χ3n) is 4.42. The second-order valence-corrected chi connectivity index (χ2v) is 6.65. The van der Waals surface area contributed by atoms with E-state index in [1.54, 1.807) is 6.20 Å². The normalized spacial score (nSPS) is 14.6. The second-order valence-electron chi connectivity index (χ2n) is 6.24. The Bertz CT molecular complexity index is 854. The van der Waals surface area contributed by atoms with Crippen LogP contribution in [0.15, 0.2) is 42.6 Å². The lowest BCUT2D eigenvalue weighted by molar-refractivity contribution is 0.241. The highest BCUT2D eigenvalue weighted by atomic mass is 35.5. The van der Waals surface area contributed by atoms with Crippen LogP contribution >= 0.6 is 11.6 Å². The van der Waals surface area contributed by atoms with Gasteiger partial charge in [0.05, 0.1) is 22.1 Å². The van der Waals surface area contributed by atoms with Crippen molar-refractivity contribution in [3.8, 4) is 11.3 Å². The van der Waals surface area contributed by atoms with E-state index in [0.717, 1.165) is 43.1 Å². The van der Waals surface area contributed by atoms with Gasteiger partial charge in [0, 0.05) is 37.8 Å². The van der Waals surface area contributed by atoms with Crippen molar-refractivity contribution in [2.24, 2.45) is 0 Å². The van der Waals surface area contributed by atoms with E-state index >= 15 is 0 Å². The van der Waals surface area contributed by atoms with Crippen LogP contribution in [0.3, 0.4) is 0 Å². The van der Waals surface area contributed by atoms with Crippen LogP contribution in [-0.2, 0) is 19.5 Å². The van der Waals surface area contributed by atoms with E-state index in [4.69, 9.17) is 11.6 Å². The Morgan fingerprint density at radius 3 is 2.83 bits per heavy atom. The molecule has 5 heteroatoms. The molecule has 4 nitrogen and oxygen atoms in total. The zero-order valence-corrected chi connectivity index (χ0v) is 14.3. The maximum Gasteiger partial charge on any atom is 0.103 e. The van der Waals surface area contributed by atoms with E-state index < -0.39 is 0 Å². The van der Waals surface area contributed by atoms with Gasteiger partial charge in [0.25, 0.3) is 0 Å². The predicted molar refractivity (Wildman–Crippen MR) is 95.8 cm³/mol. The standard InChI is InChI=1S/C19H19ClN4/c1-13-22-17-8-10-24(12-18(17)23-13)11-14-4-6-15(7-5-14)19-16(20)3-2-9-21-19/h2-7,9H,8,10-12H2,1H3,(H,22,23). The van der Waals surface area contributed by atoms with Crippen molar-refractivity contribution in [3.63, 3.8) is 0 Å². The number of fused-ring (bicyclic) bond motifs is 1. The minimum absolute atomic E-state index is 0.684. The first-order valence-electron chi connectivity index (χ1n) is 8.15. The van der Waals surface area contributed by atoms with Gasteiger partial charge in [-0.1, -0.05) is 35.9 Å². The summed E-state index contributed by atoms with van der Waals surface area (Å²) in [6.45, 7) is 4.94. The van der Waals surface area contributed by atoms with Gasteiger partial charge in [0.2, 0.25) is 0 Å². The topological polar surface area (TPSA) is 44.8 Å². The number of benzene rings is 1. The van der Waals surface area contributed by atoms with Gasteiger partial charge in [0.1, 0.15) is 5.82 Å². The second kappa shape index (κ2) is 6.38. The summed E-state index contributed by atoms with van der Waals surface area (Å²) in [5, 5.41) is 0.684. The summed E-state index contributed by atoms with van der Waals surface area (Å²) >= 11 is 6.22. The molecular weight excluding hydrogens is 320 g/mol. The first kappa shape index (κ1) is 15.4. The fourth-order valence-corrected chi connectivity index (χ4v) is 3.48. The number of aryl methyl sites for hydroxylation is 1. The lowest BCUT2D eigenvalue weighted by Gasteiger charge is -2.26. The van der Waals surface area contributed by atoms with E-state index in [0.29, 0.717) is 5.02 Å². The zero-order valence-electron chi connectivity index (χ0n) is 13.6. The molecule has 0 aliphatic carbocycles. The first-order chi connectivity index (χ1) is 11.7. The summed E-state index contributed by atoms with van der Waals surface area (Å²) < 4.78 is 0. The average molecular weight is 339 g/mol. The molecule has 1 aliphatic heterocycles. The van der Waals surface area contributed by atoms with Gasteiger partial charge >= 0.3 is 0 Å². The van der Waals surface area contributed by atoms with E-state index in [-0.39, 0.29) is 0 Å². The molecule has 122 valence electrons. The van der Waals surface area contributed by atoms with Crippen LogP contribution in [0, 0.1) is 6.92 Å². The monoisotopic (exact) mass is 338 g/mol. The number of nitrogens with zero attached hydrogens (tertiary/aromatic N) is 3. The summed E-state index contributed by atoms with van der Waals surface area (Å²) in [4.78, 5) is 14.7. The minimum Gasteiger partial charge on any atom is -0.345 e. The van der Waals surface area contributed by atoms with Crippen LogP contribution in [0.4, 0.5) is 0 Å². The predicted octanol–water partition coefficient (Wildman–Crippen LogP) is 3.99. The maximum atomic E-state index is 6.22. The fourth-order valence-electron chi connectivity index (χ4n) is 3.25. The molecule has 0 atom stereocenters. The van der Waals surface area contributed by atoms with Crippen molar-refractivity contribution < 1.29 is 0 Å². The summed E-state index contributed by atoms with van der Waals surface area (Å²) in [7, 11) is 0. The van der Waals surface area contributed by atoms with Gasteiger partial charge in [-0.05, 0) is 24.6 Å². The first-order valence-corrected chi connectivity index (χ1v) is 8.53. The molecule has 24 heavy (non-hydrogen) atoms. The molecule has 2 aromatic heterocycles. The van der Waals surface area contributed by atoms with Crippen LogP contribution in [-0.4, -0.2) is 26.4 Å². The van der Waals surface area contributed by atoms with Gasteiger partial charge in [-0.25, -0.2) is 4.98 Å². The molecule has 0 fully saturated rings. The number of hydrogen-bond donors (Lipinski definition) is 1. The van der Waals surface area contributed by atoms with Crippen LogP contribution in [0.25, 0.3) is 11.3 Å². The summed E-state index contributed by atoms with van der Waals surface area (Å²) in [5.74, 6) is 1.01. The molecule has 4 rings (SSSR count). The van der Waals surface area contributed by atoms with E-state index in [2.05, 4.69) is 44.1 Å². The van der Waals surface area contributed by atoms with E-state index in [1.165, 1.54) is 17.0 Å². The third-order valence-corrected chi connectivity index (χ3v) is 4.73. The van der Waals surface area contributed by atoms with Gasteiger partial charge in [-0.15, -0.1) is 0 Å². The Hall–Kier alpha value is -2.17. The maximum absolute atomic E-state index is 6.22. The number of nitrogens with one attached hydrogen (secondary N) is 1. The molecule has 0 spiro atoms. The Morgan fingerprint density at radius 2 is 2.04 bits per heavy atom.